The molecule has 4 N–H and O–H groups in total. The maximum absolute atomic E-state index is 12.2. The molecule has 3 atom stereocenters. The number of hydrogen-bond acceptors (Lipinski definition) is 3. The molecule has 0 saturated heterocycles. The third-order valence-electron chi connectivity index (χ3n) is 5.10. The number of halogens is 1. The number of aryl methyl sites for hydroxylation is 1. The number of amides is 1. The normalized spacial score (nSPS) is 18.7. The zero-order valence-corrected chi connectivity index (χ0v) is 16.0. The molecule has 0 radical (unpaired) electrons. The van der Waals surface area contributed by atoms with E-state index >= 15 is 0 Å². The van der Waals surface area contributed by atoms with Gasteiger partial charge in [0.25, 0.3) is 5.91 Å². The first-order chi connectivity index (χ1) is 11.6. The third kappa shape index (κ3) is 7.76. The highest BCUT2D eigenvalue weighted by Crippen LogP contribution is 2.27. The van der Waals surface area contributed by atoms with Gasteiger partial charge in [0.2, 0.25) is 0 Å². The standard InChI is InChI=1S/C20H32N2O2.ClH/c1-15(12-13-16-8-4-2-5-9-16)22-20(24)19(23)18(21)14-17-10-6-3-7-11-17;/h2,4-5,8-9,15,17-19,23H,3,6-7,10-14,21H2,1H3,(H,22,24);1H/t15?,18-,19?;/m1./s1. The molecule has 0 bridgehead atoms. The Kier molecular flexibility index (Phi) is 10.1. The van der Waals surface area contributed by atoms with E-state index in [1.165, 1.54) is 37.7 Å². The molecule has 0 aromatic heterocycles. The van der Waals surface area contributed by atoms with E-state index in [1.807, 2.05) is 25.1 Å². The van der Waals surface area contributed by atoms with E-state index < -0.39 is 12.1 Å². The molecule has 2 unspecified atom stereocenters. The van der Waals surface area contributed by atoms with Crippen molar-refractivity contribution in [1.29, 1.82) is 0 Å². The van der Waals surface area contributed by atoms with Gasteiger partial charge in [0.05, 0.1) is 0 Å². The van der Waals surface area contributed by atoms with Crippen molar-refractivity contribution in [3.05, 3.63) is 35.9 Å². The lowest BCUT2D eigenvalue weighted by Crippen LogP contribution is -2.49. The summed E-state index contributed by atoms with van der Waals surface area (Å²) in [7, 11) is 0. The number of carbonyl (C=O) groups is 1. The van der Waals surface area contributed by atoms with E-state index in [9.17, 15) is 9.90 Å². The molecular weight excluding hydrogens is 336 g/mol. The molecule has 5 heteroatoms. The Morgan fingerprint density at radius 2 is 1.88 bits per heavy atom. The first-order valence-electron chi connectivity index (χ1n) is 9.34. The van der Waals surface area contributed by atoms with Crippen molar-refractivity contribution >= 4 is 18.3 Å². The first-order valence-corrected chi connectivity index (χ1v) is 9.34. The van der Waals surface area contributed by atoms with Crippen LogP contribution in [0.5, 0.6) is 0 Å². The van der Waals surface area contributed by atoms with Gasteiger partial charge < -0.3 is 16.2 Å². The second-order valence-corrected chi connectivity index (χ2v) is 7.28. The van der Waals surface area contributed by atoms with Crippen LogP contribution in [0.1, 0.15) is 57.4 Å². The van der Waals surface area contributed by atoms with Crippen LogP contribution >= 0.6 is 12.4 Å². The van der Waals surface area contributed by atoms with Gasteiger partial charge in [-0.1, -0.05) is 62.4 Å². The molecule has 1 saturated carbocycles. The lowest BCUT2D eigenvalue weighted by molar-refractivity contribution is -0.131. The second kappa shape index (κ2) is 11.5. The highest BCUT2D eigenvalue weighted by atomic mass is 35.5. The Morgan fingerprint density at radius 3 is 2.52 bits per heavy atom. The predicted molar refractivity (Wildman–Crippen MR) is 105 cm³/mol. The molecule has 25 heavy (non-hydrogen) atoms. The van der Waals surface area contributed by atoms with E-state index in [-0.39, 0.29) is 24.4 Å². The average molecular weight is 369 g/mol. The summed E-state index contributed by atoms with van der Waals surface area (Å²) in [6, 6.07) is 9.77. The van der Waals surface area contributed by atoms with E-state index in [1.54, 1.807) is 0 Å². The number of rotatable bonds is 8. The van der Waals surface area contributed by atoms with Gasteiger partial charge in [-0.15, -0.1) is 12.4 Å². The van der Waals surface area contributed by atoms with Gasteiger partial charge in [-0.05, 0) is 37.7 Å². The number of hydrogen-bond donors (Lipinski definition) is 3. The zero-order valence-electron chi connectivity index (χ0n) is 15.2. The summed E-state index contributed by atoms with van der Waals surface area (Å²) in [5, 5.41) is 13.1. The van der Waals surface area contributed by atoms with Crippen molar-refractivity contribution in [3.8, 4) is 0 Å². The molecule has 1 aliphatic rings. The molecule has 1 aromatic carbocycles. The minimum Gasteiger partial charge on any atom is -0.382 e. The van der Waals surface area contributed by atoms with Crippen molar-refractivity contribution in [1.82, 2.24) is 5.32 Å². The molecule has 0 heterocycles. The first kappa shape index (κ1) is 21.9. The van der Waals surface area contributed by atoms with E-state index in [0.717, 1.165) is 19.3 Å². The predicted octanol–water partition coefficient (Wildman–Crippen LogP) is 3.20. The van der Waals surface area contributed by atoms with Crippen molar-refractivity contribution in [2.45, 2.75) is 76.5 Å². The van der Waals surface area contributed by atoms with Crippen LogP contribution in [0, 0.1) is 5.92 Å². The minimum absolute atomic E-state index is 0. The summed E-state index contributed by atoms with van der Waals surface area (Å²) in [6.45, 7) is 1.97. The van der Waals surface area contributed by atoms with Gasteiger partial charge in [-0.3, -0.25) is 4.79 Å². The lowest BCUT2D eigenvalue weighted by atomic mass is 9.84. The van der Waals surface area contributed by atoms with Crippen molar-refractivity contribution in [2.75, 3.05) is 0 Å². The zero-order chi connectivity index (χ0) is 17.4. The van der Waals surface area contributed by atoms with Gasteiger partial charge >= 0.3 is 0 Å². The molecule has 1 aliphatic carbocycles. The van der Waals surface area contributed by atoms with Gasteiger partial charge in [-0.2, -0.15) is 0 Å². The molecule has 1 fully saturated rings. The van der Waals surface area contributed by atoms with Crippen LogP contribution in [-0.2, 0) is 11.2 Å². The summed E-state index contributed by atoms with van der Waals surface area (Å²) in [4.78, 5) is 12.2. The smallest absolute Gasteiger partial charge is 0.250 e. The number of carbonyl (C=O) groups excluding carboxylic acids is 1. The van der Waals surface area contributed by atoms with E-state index in [0.29, 0.717) is 5.92 Å². The van der Waals surface area contributed by atoms with Crippen molar-refractivity contribution < 1.29 is 9.90 Å². The quantitative estimate of drug-likeness (QED) is 0.659. The molecule has 1 amide bonds. The maximum Gasteiger partial charge on any atom is 0.250 e. The van der Waals surface area contributed by atoms with E-state index in [2.05, 4.69) is 17.4 Å². The number of benzene rings is 1. The second-order valence-electron chi connectivity index (χ2n) is 7.28. The molecular formula is C20H33ClN2O2. The van der Waals surface area contributed by atoms with Crippen LogP contribution in [0.25, 0.3) is 0 Å². The molecule has 1 aromatic rings. The summed E-state index contributed by atoms with van der Waals surface area (Å²) in [5.74, 6) is 0.227. The summed E-state index contributed by atoms with van der Waals surface area (Å²) < 4.78 is 0. The van der Waals surface area contributed by atoms with Gasteiger partial charge in [0, 0.05) is 12.1 Å². The number of nitrogens with one attached hydrogen (secondary N) is 1. The Bertz CT molecular complexity index is 492. The largest absolute Gasteiger partial charge is 0.382 e. The van der Waals surface area contributed by atoms with Crippen molar-refractivity contribution in [3.63, 3.8) is 0 Å². The maximum atomic E-state index is 12.2. The molecule has 4 nitrogen and oxygen atoms in total. The fourth-order valence-electron chi connectivity index (χ4n) is 3.56. The van der Waals surface area contributed by atoms with Crippen LogP contribution in [0.15, 0.2) is 30.3 Å². The summed E-state index contributed by atoms with van der Waals surface area (Å²) in [5.41, 5.74) is 7.34. The lowest BCUT2D eigenvalue weighted by Gasteiger charge is -2.27. The third-order valence-corrected chi connectivity index (χ3v) is 5.10. The number of aliphatic hydroxyl groups is 1. The highest BCUT2D eigenvalue weighted by molar-refractivity contribution is 5.85. The number of nitrogens with two attached hydrogens (primary N) is 1. The van der Waals surface area contributed by atoms with Crippen LogP contribution in [-0.4, -0.2) is 29.2 Å². The fraction of sp³-hybridized carbons (Fsp3) is 0.650. The van der Waals surface area contributed by atoms with Gasteiger partial charge in [0.1, 0.15) is 6.10 Å². The summed E-state index contributed by atoms with van der Waals surface area (Å²) >= 11 is 0. The minimum atomic E-state index is -1.11. The Balaban J connectivity index is 0.00000312. The SMILES string of the molecule is CC(CCc1ccccc1)NC(=O)C(O)[C@H](N)CC1CCCCC1.Cl. The number of aliphatic hydroxyl groups excluding tert-OH is 1. The molecule has 2 rings (SSSR count). The Morgan fingerprint density at radius 1 is 1.24 bits per heavy atom. The van der Waals surface area contributed by atoms with Gasteiger partial charge in [0.15, 0.2) is 0 Å². The van der Waals surface area contributed by atoms with Crippen LogP contribution in [0.3, 0.4) is 0 Å². The van der Waals surface area contributed by atoms with Crippen LogP contribution < -0.4 is 11.1 Å². The van der Waals surface area contributed by atoms with Crippen LogP contribution in [0.2, 0.25) is 0 Å². The topological polar surface area (TPSA) is 75.3 Å². The molecule has 0 aliphatic heterocycles. The van der Waals surface area contributed by atoms with Gasteiger partial charge in [-0.25, -0.2) is 0 Å². The highest BCUT2D eigenvalue weighted by Gasteiger charge is 2.27. The Hall–Kier alpha value is -1.10. The monoisotopic (exact) mass is 368 g/mol. The van der Waals surface area contributed by atoms with Crippen molar-refractivity contribution in [2.24, 2.45) is 11.7 Å². The fourth-order valence-corrected chi connectivity index (χ4v) is 3.56. The van der Waals surface area contributed by atoms with Crippen LogP contribution in [0.4, 0.5) is 0 Å². The summed E-state index contributed by atoms with van der Waals surface area (Å²) in [6.07, 6.45) is 7.54. The molecule has 142 valence electrons. The van der Waals surface area contributed by atoms with E-state index in [4.69, 9.17) is 5.73 Å². The molecule has 0 spiro atoms. The Labute approximate surface area is 158 Å². The average Bonchev–Trinajstić information content (AvgIpc) is 2.61.